The Balaban J connectivity index is 4.91. The minimum atomic E-state index is -1.49. The van der Waals surface area contributed by atoms with Gasteiger partial charge in [0.2, 0.25) is 0 Å². The molecule has 0 saturated heterocycles. The molecule has 0 radical (unpaired) electrons. The van der Waals surface area contributed by atoms with E-state index in [1.807, 2.05) is 6.92 Å². The van der Waals surface area contributed by atoms with Crippen LogP contribution in [0.3, 0.4) is 0 Å². The maximum atomic E-state index is 11.8. The first kappa shape index (κ1) is 16.9. The van der Waals surface area contributed by atoms with Crippen molar-refractivity contribution in [2.45, 2.75) is 52.7 Å². The van der Waals surface area contributed by atoms with Gasteiger partial charge in [0.1, 0.15) is 5.60 Å². The standard InChI is InChI=1S/C13H24O5/c1-7-8(2)9(11(15)17-6)10(14)12(16)18-13(3,4)5/h8-10,14H,7H2,1-6H3/t8-,9+,10-/m0/s1. The summed E-state index contributed by atoms with van der Waals surface area (Å²) in [6.45, 7) is 8.77. The lowest BCUT2D eigenvalue weighted by Crippen LogP contribution is -2.42. The van der Waals surface area contributed by atoms with Gasteiger partial charge in [-0.2, -0.15) is 0 Å². The summed E-state index contributed by atoms with van der Waals surface area (Å²) < 4.78 is 9.70. The van der Waals surface area contributed by atoms with E-state index in [1.54, 1.807) is 27.7 Å². The molecule has 0 unspecified atom stereocenters. The van der Waals surface area contributed by atoms with Crippen LogP contribution in [0.15, 0.2) is 0 Å². The summed E-state index contributed by atoms with van der Waals surface area (Å²) in [5.74, 6) is -2.45. The molecule has 0 amide bonds. The number of aliphatic hydroxyl groups is 1. The fourth-order valence-corrected chi connectivity index (χ4v) is 1.57. The van der Waals surface area contributed by atoms with E-state index in [1.165, 1.54) is 7.11 Å². The first-order valence-corrected chi connectivity index (χ1v) is 6.12. The molecule has 5 heteroatoms. The second kappa shape index (κ2) is 6.73. The quantitative estimate of drug-likeness (QED) is 0.759. The van der Waals surface area contributed by atoms with Gasteiger partial charge in [0.15, 0.2) is 6.10 Å². The summed E-state index contributed by atoms with van der Waals surface area (Å²) in [5, 5.41) is 9.97. The Hall–Kier alpha value is -1.10. The predicted octanol–water partition coefficient (Wildman–Crippen LogP) is 1.52. The number of carbonyl (C=O) groups is 2. The van der Waals surface area contributed by atoms with Crippen molar-refractivity contribution in [1.29, 1.82) is 0 Å². The lowest BCUT2D eigenvalue weighted by atomic mass is 9.87. The molecule has 3 atom stereocenters. The highest BCUT2D eigenvalue weighted by Crippen LogP contribution is 2.23. The van der Waals surface area contributed by atoms with Crippen LogP contribution in [0.25, 0.3) is 0 Å². The van der Waals surface area contributed by atoms with Crippen LogP contribution in [0.2, 0.25) is 0 Å². The highest BCUT2D eigenvalue weighted by atomic mass is 16.6. The van der Waals surface area contributed by atoms with E-state index in [9.17, 15) is 14.7 Å². The Labute approximate surface area is 108 Å². The molecule has 18 heavy (non-hydrogen) atoms. The second-order valence-electron chi connectivity index (χ2n) is 5.41. The third-order valence-electron chi connectivity index (χ3n) is 2.72. The molecular formula is C13H24O5. The molecule has 0 aromatic heterocycles. The van der Waals surface area contributed by atoms with Gasteiger partial charge >= 0.3 is 11.9 Å². The highest BCUT2D eigenvalue weighted by Gasteiger charge is 2.38. The van der Waals surface area contributed by atoms with Crippen molar-refractivity contribution in [3.8, 4) is 0 Å². The maximum Gasteiger partial charge on any atom is 0.336 e. The number of ether oxygens (including phenoxy) is 2. The van der Waals surface area contributed by atoms with E-state index in [0.29, 0.717) is 6.42 Å². The van der Waals surface area contributed by atoms with Gasteiger partial charge in [-0.15, -0.1) is 0 Å². The Morgan fingerprint density at radius 2 is 1.72 bits per heavy atom. The van der Waals surface area contributed by atoms with Crippen molar-refractivity contribution in [2.75, 3.05) is 7.11 Å². The lowest BCUT2D eigenvalue weighted by Gasteiger charge is -2.27. The van der Waals surface area contributed by atoms with Crippen LogP contribution in [0, 0.1) is 11.8 Å². The molecule has 0 saturated carbocycles. The molecule has 0 rings (SSSR count). The van der Waals surface area contributed by atoms with Gasteiger partial charge in [-0.25, -0.2) is 4.79 Å². The number of carbonyl (C=O) groups excluding carboxylic acids is 2. The predicted molar refractivity (Wildman–Crippen MR) is 66.8 cm³/mol. The normalized spacial score (nSPS) is 16.6. The van der Waals surface area contributed by atoms with E-state index >= 15 is 0 Å². The Morgan fingerprint density at radius 3 is 2.06 bits per heavy atom. The van der Waals surface area contributed by atoms with Gasteiger partial charge in [-0.1, -0.05) is 20.3 Å². The minimum Gasteiger partial charge on any atom is -0.469 e. The highest BCUT2D eigenvalue weighted by molar-refractivity contribution is 5.84. The second-order valence-corrected chi connectivity index (χ2v) is 5.41. The van der Waals surface area contributed by atoms with Crippen molar-refractivity contribution < 1.29 is 24.2 Å². The SMILES string of the molecule is CC[C@H](C)[C@@H](C(=O)OC)[C@H](O)C(=O)OC(C)(C)C. The van der Waals surface area contributed by atoms with E-state index in [0.717, 1.165) is 0 Å². The van der Waals surface area contributed by atoms with Crippen LogP contribution in [0.1, 0.15) is 41.0 Å². The van der Waals surface area contributed by atoms with Crippen molar-refractivity contribution in [2.24, 2.45) is 11.8 Å². The molecule has 0 spiro atoms. The first-order valence-electron chi connectivity index (χ1n) is 6.12. The topological polar surface area (TPSA) is 72.8 Å². The van der Waals surface area contributed by atoms with E-state index in [-0.39, 0.29) is 5.92 Å². The van der Waals surface area contributed by atoms with Gasteiger partial charge in [-0.05, 0) is 26.7 Å². The van der Waals surface area contributed by atoms with Crippen molar-refractivity contribution >= 4 is 11.9 Å². The van der Waals surface area contributed by atoms with Crippen LogP contribution in [-0.2, 0) is 19.1 Å². The fraction of sp³-hybridized carbons (Fsp3) is 0.846. The van der Waals surface area contributed by atoms with Gasteiger partial charge in [0.05, 0.1) is 13.0 Å². The third-order valence-corrected chi connectivity index (χ3v) is 2.72. The molecule has 0 bridgehead atoms. The van der Waals surface area contributed by atoms with E-state index < -0.39 is 29.6 Å². The Kier molecular flexibility index (Phi) is 6.32. The zero-order valence-corrected chi connectivity index (χ0v) is 12.0. The van der Waals surface area contributed by atoms with Crippen LogP contribution >= 0.6 is 0 Å². The molecule has 0 aromatic rings. The van der Waals surface area contributed by atoms with Crippen molar-refractivity contribution in [3.63, 3.8) is 0 Å². The molecule has 1 N–H and O–H groups in total. The average Bonchev–Trinajstić information content (AvgIpc) is 2.26. The number of hydrogen-bond donors (Lipinski definition) is 1. The summed E-state index contributed by atoms with van der Waals surface area (Å²) in [7, 11) is 1.24. The number of hydrogen-bond acceptors (Lipinski definition) is 5. The number of methoxy groups -OCH3 is 1. The minimum absolute atomic E-state index is 0.167. The summed E-state index contributed by atoms with van der Waals surface area (Å²) >= 11 is 0. The average molecular weight is 260 g/mol. The van der Waals surface area contributed by atoms with Gasteiger partial charge in [0.25, 0.3) is 0 Å². The summed E-state index contributed by atoms with van der Waals surface area (Å²) in [4.78, 5) is 23.4. The molecule has 0 fully saturated rings. The molecule has 0 aliphatic heterocycles. The van der Waals surface area contributed by atoms with Gasteiger partial charge in [-0.3, -0.25) is 4.79 Å². The Bertz CT molecular complexity index is 292. The van der Waals surface area contributed by atoms with E-state index in [2.05, 4.69) is 4.74 Å². The summed E-state index contributed by atoms with van der Waals surface area (Å²) in [6.07, 6.45) is -0.841. The maximum absolute atomic E-state index is 11.8. The molecule has 0 aromatic carbocycles. The zero-order valence-electron chi connectivity index (χ0n) is 12.0. The van der Waals surface area contributed by atoms with Gasteiger partial charge < -0.3 is 14.6 Å². The van der Waals surface area contributed by atoms with Crippen molar-refractivity contribution in [3.05, 3.63) is 0 Å². The Morgan fingerprint density at radius 1 is 1.22 bits per heavy atom. The van der Waals surface area contributed by atoms with Crippen LogP contribution < -0.4 is 0 Å². The number of rotatable bonds is 5. The molecule has 0 aliphatic carbocycles. The molecule has 5 nitrogen and oxygen atoms in total. The number of aliphatic hydroxyl groups excluding tert-OH is 1. The van der Waals surface area contributed by atoms with Crippen LogP contribution in [0.5, 0.6) is 0 Å². The summed E-state index contributed by atoms with van der Waals surface area (Å²) in [5.41, 5.74) is -0.700. The third kappa shape index (κ3) is 5.04. The monoisotopic (exact) mass is 260 g/mol. The summed E-state index contributed by atoms with van der Waals surface area (Å²) in [6, 6.07) is 0. The van der Waals surface area contributed by atoms with Gasteiger partial charge in [0, 0.05) is 0 Å². The van der Waals surface area contributed by atoms with E-state index in [4.69, 9.17) is 4.74 Å². The molecule has 0 heterocycles. The molecule has 0 aliphatic rings. The zero-order chi connectivity index (χ0) is 14.5. The first-order chi connectivity index (χ1) is 8.14. The van der Waals surface area contributed by atoms with Crippen LogP contribution in [0.4, 0.5) is 0 Å². The molecule has 106 valence electrons. The lowest BCUT2D eigenvalue weighted by molar-refractivity contribution is -0.175. The fourth-order valence-electron chi connectivity index (χ4n) is 1.57. The van der Waals surface area contributed by atoms with Crippen LogP contribution in [-0.4, -0.2) is 35.9 Å². The largest absolute Gasteiger partial charge is 0.469 e. The molecular weight excluding hydrogens is 236 g/mol. The number of esters is 2. The smallest absolute Gasteiger partial charge is 0.336 e. The van der Waals surface area contributed by atoms with Crippen molar-refractivity contribution in [1.82, 2.24) is 0 Å².